The Morgan fingerprint density at radius 2 is 2.44 bits per heavy atom. The summed E-state index contributed by atoms with van der Waals surface area (Å²) >= 11 is 3.53. The molecule has 2 rings (SSSR count). The number of hydrogen-bond donors (Lipinski definition) is 0. The average molecular weight is 286 g/mol. The highest BCUT2D eigenvalue weighted by molar-refractivity contribution is 9.09. The fraction of sp³-hybridized carbons (Fsp3) is 0.583. The minimum Gasteiger partial charge on any atom is -0.469 e. The van der Waals surface area contributed by atoms with Crippen LogP contribution in [0.15, 0.2) is 23.6 Å². The van der Waals surface area contributed by atoms with Gasteiger partial charge in [0.25, 0.3) is 0 Å². The van der Waals surface area contributed by atoms with Crippen molar-refractivity contribution in [2.24, 2.45) is 0 Å². The van der Waals surface area contributed by atoms with E-state index >= 15 is 0 Å². The zero-order valence-corrected chi connectivity index (χ0v) is 11.2. The lowest BCUT2D eigenvalue weighted by atomic mass is 10.1. The van der Waals surface area contributed by atoms with Crippen LogP contribution < -0.4 is 0 Å². The molecule has 1 heterocycles. The van der Waals surface area contributed by atoms with Crippen LogP contribution in [0.4, 0.5) is 0 Å². The Kier molecular flexibility index (Phi) is 3.38. The highest BCUT2D eigenvalue weighted by Gasteiger charge is 2.36. The van der Waals surface area contributed by atoms with Crippen LogP contribution in [0.1, 0.15) is 26.7 Å². The fourth-order valence-corrected chi connectivity index (χ4v) is 2.98. The summed E-state index contributed by atoms with van der Waals surface area (Å²) in [4.78, 5) is 13.6. The van der Waals surface area contributed by atoms with E-state index in [0.717, 1.165) is 23.2 Å². The lowest BCUT2D eigenvalue weighted by Gasteiger charge is -2.30. The Balaban J connectivity index is 2.28. The Morgan fingerprint density at radius 3 is 3.06 bits per heavy atom. The van der Waals surface area contributed by atoms with Gasteiger partial charge < -0.3 is 9.64 Å². The van der Waals surface area contributed by atoms with Gasteiger partial charge in [-0.25, -0.2) is 0 Å². The van der Waals surface area contributed by atoms with Gasteiger partial charge in [0.2, 0.25) is 0 Å². The zero-order valence-electron chi connectivity index (χ0n) is 9.57. The van der Waals surface area contributed by atoms with E-state index in [4.69, 9.17) is 4.74 Å². The maximum absolute atomic E-state index is 11.3. The second-order valence-electron chi connectivity index (χ2n) is 4.11. The molecule has 0 spiro atoms. The summed E-state index contributed by atoms with van der Waals surface area (Å²) in [5, 5.41) is 0.912. The zero-order chi connectivity index (χ0) is 11.7. The molecule has 0 aromatic carbocycles. The average Bonchev–Trinajstić information content (AvgIpc) is 2.57. The molecule has 2 aliphatic rings. The first-order chi connectivity index (χ1) is 7.67. The summed E-state index contributed by atoms with van der Waals surface area (Å²) in [6, 6.07) is 0.417. The van der Waals surface area contributed by atoms with Crippen LogP contribution in [-0.2, 0) is 9.53 Å². The van der Waals surface area contributed by atoms with Gasteiger partial charge in [0.1, 0.15) is 5.76 Å². The number of halogens is 1. The molecule has 3 nitrogen and oxygen atoms in total. The van der Waals surface area contributed by atoms with Gasteiger partial charge in [0, 0.05) is 23.9 Å². The SMILES string of the molecule is CCC(CBr)N1C2=CCC(=O)C=C2OC1C. The largest absolute Gasteiger partial charge is 0.469 e. The molecule has 1 saturated heterocycles. The van der Waals surface area contributed by atoms with E-state index in [9.17, 15) is 4.79 Å². The van der Waals surface area contributed by atoms with Crippen LogP contribution in [-0.4, -0.2) is 28.3 Å². The van der Waals surface area contributed by atoms with E-state index in [-0.39, 0.29) is 12.0 Å². The molecule has 0 aromatic heterocycles. The van der Waals surface area contributed by atoms with Gasteiger partial charge in [-0.2, -0.15) is 0 Å². The normalized spacial score (nSPS) is 25.8. The number of carbonyl (C=O) groups excluding carboxylic acids is 1. The Bertz CT molecular complexity index is 358. The molecule has 1 fully saturated rings. The molecule has 0 bridgehead atoms. The summed E-state index contributed by atoms with van der Waals surface area (Å²) in [5.41, 5.74) is 1.08. The summed E-state index contributed by atoms with van der Waals surface area (Å²) in [7, 11) is 0. The smallest absolute Gasteiger partial charge is 0.170 e. The van der Waals surface area contributed by atoms with E-state index in [1.807, 2.05) is 13.0 Å². The van der Waals surface area contributed by atoms with Crippen LogP contribution in [0.25, 0.3) is 0 Å². The van der Waals surface area contributed by atoms with Crippen LogP contribution in [0, 0.1) is 0 Å². The molecule has 0 N–H and O–H groups in total. The molecule has 0 radical (unpaired) electrons. The van der Waals surface area contributed by atoms with Crippen LogP contribution in [0.2, 0.25) is 0 Å². The molecular formula is C12H16BrNO2. The summed E-state index contributed by atoms with van der Waals surface area (Å²) < 4.78 is 5.71. The minimum absolute atomic E-state index is 0.0194. The Labute approximate surface area is 104 Å². The third kappa shape index (κ3) is 1.90. The Morgan fingerprint density at radius 1 is 1.69 bits per heavy atom. The van der Waals surface area contributed by atoms with E-state index in [0.29, 0.717) is 12.5 Å². The Hall–Kier alpha value is -0.770. The molecule has 0 saturated carbocycles. The summed E-state index contributed by atoms with van der Waals surface area (Å²) in [6.45, 7) is 4.19. The molecule has 1 aliphatic heterocycles. The van der Waals surface area contributed by atoms with Gasteiger partial charge in [-0.15, -0.1) is 0 Å². The number of ether oxygens (including phenoxy) is 1. The molecule has 16 heavy (non-hydrogen) atoms. The van der Waals surface area contributed by atoms with E-state index in [2.05, 4.69) is 27.8 Å². The van der Waals surface area contributed by atoms with Crippen molar-refractivity contribution in [1.29, 1.82) is 0 Å². The van der Waals surface area contributed by atoms with Crippen molar-refractivity contribution >= 4 is 21.7 Å². The third-order valence-corrected chi connectivity index (χ3v) is 3.80. The quantitative estimate of drug-likeness (QED) is 0.747. The summed E-state index contributed by atoms with van der Waals surface area (Å²) in [6.07, 6.45) is 5.16. The highest BCUT2D eigenvalue weighted by atomic mass is 79.9. The van der Waals surface area contributed by atoms with Gasteiger partial charge >= 0.3 is 0 Å². The second-order valence-corrected chi connectivity index (χ2v) is 4.76. The second kappa shape index (κ2) is 4.62. The topological polar surface area (TPSA) is 29.5 Å². The van der Waals surface area contributed by atoms with Crippen molar-refractivity contribution in [3.8, 4) is 0 Å². The first-order valence-corrected chi connectivity index (χ1v) is 6.75. The highest BCUT2D eigenvalue weighted by Crippen LogP contribution is 2.35. The van der Waals surface area contributed by atoms with Crippen molar-refractivity contribution < 1.29 is 9.53 Å². The maximum atomic E-state index is 11.3. The standard InChI is InChI=1S/C12H16BrNO2/c1-3-9(7-13)14-8(2)16-12-6-10(15)4-5-11(12)14/h5-6,8-9H,3-4,7H2,1-2H3. The monoisotopic (exact) mass is 285 g/mol. The lowest BCUT2D eigenvalue weighted by molar-refractivity contribution is -0.114. The number of allylic oxidation sites excluding steroid dienone is 2. The van der Waals surface area contributed by atoms with Gasteiger partial charge in [-0.05, 0) is 19.4 Å². The first kappa shape index (κ1) is 11.7. The van der Waals surface area contributed by atoms with Crippen molar-refractivity contribution in [3.05, 3.63) is 23.6 Å². The minimum atomic E-state index is 0.0194. The van der Waals surface area contributed by atoms with Gasteiger partial charge in [-0.3, -0.25) is 4.79 Å². The van der Waals surface area contributed by atoms with E-state index < -0.39 is 0 Å². The first-order valence-electron chi connectivity index (χ1n) is 5.63. The molecule has 4 heteroatoms. The number of nitrogens with zero attached hydrogens (tertiary/aromatic N) is 1. The number of ketones is 1. The van der Waals surface area contributed by atoms with E-state index in [1.54, 1.807) is 6.08 Å². The van der Waals surface area contributed by atoms with Crippen LogP contribution in [0.3, 0.4) is 0 Å². The molecule has 0 amide bonds. The molecular weight excluding hydrogens is 270 g/mol. The number of fused-ring (bicyclic) bond motifs is 1. The number of carbonyl (C=O) groups is 1. The molecule has 2 atom stereocenters. The van der Waals surface area contributed by atoms with Crippen molar-refractivity contribution in [2.45, 2.75) is 39.0 Å². The third-order valence-electron chi connectivity index (χ3n) is 3.05. The van der Waals surface area contributed by atoms with Gasteiger partial charge in [0.05, 0.1) is 5.70 Å². The van der Waals surface area contributed by atoms with E-state index in [1.165, 1.54) is 0 Å². The number of alkyl halides is 1. The lowest BCUT2D eigenvalue weighted by Crippen LogP contribution is -2.38. The van der Waals surface area contributed by atoms with Crippen LogP contribution >= 0.6 is 15.9 Å². The van der Waals surface area contributed by atoms with Crippen molar-refractivity contribution in [1.82, 2.24) is 4.90 Å². The van der Waals surface area contributed by atoms with Crippen molar-refractivity contribution in [3.63, 3.8) is 0 Å². The summed E-state index contributed by atoms with van der Waals surface area (Å²) in [5.74, 6) is 0.864. The van der Waals surface area contributed by atoms with Gasteiger partial charge in [0.15, 0.2) is 12.0 Å². The predicted octanol–water partition coefficient (Wildman–Crippen LogP) is 2.58. The van der Waals surface area contributed by atoms with Crippen molar-refractivity contribution in [2.75, 3.05) is 5.33 Å². The maximum Gasteiger partial charge on any atom is 0.170 e. The molecule has 1 aliphatic carbocycles. The number of hydrogen-bond acceptors (Lipinski definition) is 3. The predicted molar refractivity (Wildman–Crippen MR) is 66.0 cm³/mol. The number of rotatable bonds is 3. The molecule has 88 valence electrons. The fourth-order valence-electron chi connectivity index (χ4n) is 2.21. The molecule has 2 unspecified atom stereocenters. The van der Waals surface area contributed by atoms with Crippen LogP contribution in [0.5, 0.6) is 0 Å². The van der Waals surface area contributed by atoms with Gasteiger partial charge in [-0.1, -0.05) is 22.9 Å². The molecule has 0 aromatic rings.